The molecule has 0 saturated heterocycles. The number of carbonyl (C=O) groups is 1. The zero-order valence-electron chi connectivity index (χ0n) is 16.4. The molecule has 2 aromatic heterocycles. The molecule has 2 aromatic carbocycles. The molecule has 148 valence electrons. The molecular formula is C23H23ClN4O. The van der Waals surface area contributed by atoms with Crippen LogP contribution in [0, 0.1) is 13.8 Å². The maximum atomic E-state index is 12.6. The summed E-state index contributed by atoms with van der Waals surface area (Å²) < 4.78 is 1.72. The first-order chi connectivity index (χ1) is 14.0. The molecule has 0 saturated carbocycles. The van der Waals surface area contributed by atoms with E-state index < -0.39 is 0 Å². The van der Waals surface area contributed by atoms with Gasteiger partial charge in [-0.2, -0.15) is 5.10 Å². The van der Waals surface area contributed by atoms with E-state index in [1.54, 1.807) is 4.68 Å². The number of benzene rings is 2. The zero-order valence-corrected chi connectivity index (χ0v) is 17.2. The topological polar surface area (TPSA) is 62.7 Å². The second-order valence-electron chi connectivity index (χ2n) is 7.25. The van der Waals surface area contributed by atoms with Crippen LogP contribution in [0.3, 0.4) is 0 Å². The molecule has 6 heteroatoms. The Kier molecular flexibility index (Phi) is 5.41. The molecule has 0 bridgehead atoms. The first kappa shape index (κ1) is 19.3. The lowest BCUT2D eigenvalue weighted by Crippen LogP contribution is -2.32. The number of aromatic amines is 1. The molecule has 0 aliphatic rings. The zero-order chi connectivity index (χ0) is 20.4. The molecule has 2 heterocycles. The summed E-state index contributed by atoms with van der Waals surface area (Å²) in [4.78, 5) is 15.9. The number of H-pyrrole nitrogens is 1. The summed E-state index contributed by atoms with van der Waals surface area (Å²) in [5.41, 5.74) is 5.04. The van der Waals surface area contributed by atoms with Crippen LogP contribution in [0.4, 0.5) is 0 Å². The van der Waals surface area contributed by atoms with Gasteiger partial charge in [0.1, 0.15) is 6.54 Å². The molecule has 0 spiro atoms. The molecule has 4 aromatic rings. The number of para-hydroxylation sites is 1. The summed E-state index contributed by atoms with van der Waals surface area (Å²) >= 11 is 6.52. The SMILES string of the molecule is Cc1cc(C)n(CC(=O)NCC(c2ccccc2Cl)c2c[nH]c3ccccc23)n1. The number of halogens is 1. The van der Waals surface area contributed by atoms with Gasteiger partial charge in [-0.3, -0.25) is 9.48 Å². The van der Waals surface area contributed by atoms with Gasteiger partial charge in [-0.25, -0.2) is 0 Å². The Morgan fingerprint density at radius 1 is 1.14 bits per heavy atom. The largest absolute Gasteiger partial charge is 0.361 e. The number of amides is 1. The van der Waals surface area contributed by atoms with Gasteiger partial charge in [0.2, 0.25) is 5.91 Å². The molecule has 0 aliphatic carbocycles. The van der Waals surface area contributed by atoms with Crippen LogP contribution < -0.4 is 5.32 Å². The van der Waals surface area contributed by atoms with Crippen LogP contribution in [0.5, 0.6) is 0 Å². The number of hydrogen-bond acceptors (Lipinski definition) is 2. The maximum absolute atomic E-state index is 12.6. The van der Waals surface area contributed by atoms with Crippen molar-refractivity contribution in [2.75, 3.05) is 6.54 Å². The van der Waals surface area contributed by atoms with Gasteiger partial charge < -0.3 is 10.3 Å². The number of carbonyl (C=O) groups excluding carboxylic acids is 1. The van der Waals surface area contributed by atoms with Crippen molar-refractivity contribution in [3.8, 4) is 0 Å². The Balaban J connectivity index is 1.60. The van der Waals surface area contributed by atoms with Crippen LogP contribution in [0.1, 0.15) is 28.4 Å². The fourth-order valence-electron chi connectivity index (χ4n) is 3.77. The summed E-state index contributed by atoms with van der Waals surface area (Å²) in [6.45, 7) is 4.52. The minimum Gasteiger partial charge on any atom is -0.361 e. The quantitative estimate of drug-likeness (QED) is 0.492. The molecular weight excluding hydrogens is 384 g/mol. The summed E-state index contributed by atoms with van der Waals surface area (Å²) in [6.07, 6.45) is 2.01. The fourth-order valence-corrected chi connectivity index (χ4v) is 4.04. The van der Waals surface area contributed by atoms with Gasteiger partial charge in [-0.15, -0.1) is 0 Å². The molecule has 1 unspecified atom stereocenters. The van der Waals surface area contributed by atoms with Gasteiger partial charge in [0, 0.05) is 40.3 Å². The van der Waals surface area contributed by atoms with Crippen molar-refractivity contribution in [1.29, 1.82) is 0 Å². The summed E-state index contributed by atoms with van der Waals surface area (Å²) in [6, 6.07) is 17.9. The monoisotopic (exact) mass is 406 g/mol. The first-order valence-corrected chi connectivity index (χ1v) is 9.99. The van der Waals surface area contributed by atoms with Crippen LogP contribution >= 0.6 is 11.6 Å². The van der Waals surface area contributed by atoms with Crippen LogP contribution in [-0.4, -0.2) is 27.2 Å². The molecule has 0 fully saturated rings. The third kappa shape index (κ3) is 4.05. The van der Waals surface area contributed by atoms with Crippen molar-refractivity contribution in [2.24, 2.45) is 0 Å². The van der Waals surface area contributed by atoms with Gasteiger partial charge in [0.15, 0.2) is 0 Å². The van der Waals surface area contributed by atoms with E-state index in [9.17, 15) is 4.79 Å². The van der Waals surface area contributed by atoms with Crippen molar-refractivity contribution in [1.82, 2.24) is 20.1 Å². The Bertz CT molecular complexity index is 1160. The van der Waals surface area contributed by atoms with E-state index in [-0.39, 0.29) is 18.4 Å². The molecule has 29 heavy (non-hydrogen) atoms. The Morgan fingerprint density at radius 2 is 1.90 bits per heavy atom. The van der Waals surface area contributed by atoms with E-state index in [0.717, 1.165) is 33.4 Å². The van der Waals surface area contributed by atoms with E-state index in [4.69, 9.17) is 11.6 Å². The van der Waals surface area contributed by atoms with Gasteiger partial charge in [-0.05, 0) is 43.2 Å². The highest BCUT2D eigenvalue weighted by atomic mass is 35.5. The van der Waals surface area contributed by atoms with E-state index in [0.29, 0.717) is 11.6 Å². The Labute approximate surface area is 174 Å². The molecule has 0 radical (unpaired) electrons. The molecule has 5 nitrogen and oxygen atoms in total. The number of nitrogens with one attached hydrogen (secondary N) is 2. The van der Waals surface area contributed by atoms with Crippen LogP contribution in [0.15, 0.2) is 60.8 Å². The number of hydrogen-bond donors (Lipinski definition) is 2. The van der Waals surface area contributed by atoms with Crippen LogP contribution in [-0.2, 0) is 11.3 Å². The normalized spacial score (nSPS) is 12.2. The van der Waals surface area contributed by atoms with Crippen LogP contribution in [0.2, 0.25) is 5.02 Å². The second kappa shape index (κ2) is 8.13. The van der Waals surface area contributed by atoms with Gasteiger partial charge >= 0.3 is 0 Å². The predicted molar refractivity (Wildman–Crippen MR) is 116 cm³/mol. The third-order valence-electron chi connectivity index (χ3n) is 5.18. The van der Waals surface area contributed by atoms with E-state index >= 15 is 0 Å². The minimum absolute atomic E-state index is 0.0655. The number of rotatable bonds is 6. The van der Waals surface area contributed by atoms with Gasteiger partial charge in [0.05, 0.1) is 5.69 Å². The fraction of sp³-hybridized carbons (Fsp3) is 0.217. The van der Waals surface area contributed by atoms with Gasteiger partial charge in [0.25, 0.3) is 0 Å². The Morgan fingerprint density at radius 3 is 2.66 bits per heavy atom. The number of nitrogens with zero attached hydrogens (tertiary/aromatic N) is 2. The van der Waals surface area contributed by atoms with E-state index in [1.165, 1.54) is 0 Å². The molecule has 0 aliphatic heterocycles. The van der Waals surface area contributed by atoms with Crippen molar-refractivity contribution in [3.05, 3.63) is 88.3 Å². The second-order valence-corrected chi connectivity index (χ2v) is 7.66. The number of fused-ring (bicyclic) bond motifs is 1. The summed E-state index contributed by atoms with van der Waals surface area (Å²) in [5, 5.41) is 9.26. The third-order valence-corrected chi connectivity index (χ3v) is 5.52. The van der Waals surface area contributed by atoms with Crippen LogP contribution in [0.25, 0.3) is 10.9 Å². The van der Waals surface area contributed by atoms with Crippen molar-refractivity contribution >= 4 is 28.4 Å². The van der Waals surface area contributed by atoms with Gasteiger partial charge in [-0.1, -0.05) is 48.0 Å². The lowest BCUT2D eigenvalue weighted by molar-refractivity contribution is -0.121. The molecule has 1 amide bonds. The summed E-state index contributed by atoms with van der Waals surface area (Å²) in [5.74, 6) is -0.141. The van der Waals surface area contributed by atoms with E-state index in [1.807, 2.05) is 68.6 Å². The molecule has 2 N–H and O–H groups in total. The first-order valence-electron chi connectivity index (χ1n) is 9.61. The molecule has 4 rings (SSSR count). The molecule has 1 atom stereocenters. The maximum Gasteiger partial charge on any atom is 0.241 e. The number of aryl methyl sites for hydroxylation is 2. The standard InChI is InChI=1S/C23H23ClN4O/c1-15-11-16(2)28(27-15)14-23(29)26-13-19(17-7-3-5-9-21(17)24)20-12-25-22-10-6-4-8-18(20)22/h3-12,19,25H,13-14H2,1-2H3,(H,26,29). The summed E-state index contributed by atoms with van der Waals surface area (Å²) in [7, 11) is 0. The van der Waals surface area contributed by atoms with Crippen molar-refractivity contribution < 1.29 is 4.79 Å². The minimum atomic E-state index is -0.0758. The Hall–Kier alpha value is -3.05. The predicted octanol–water partition coefficient (Wildman–Crippen LogP) is 4.58. The lowest BCUT2D eigenvalue weighted by Gasteiger charge is -2.19. The average Bonchev–Trinajstić information content (AvgIpc) is 3.26. The highest BCUT2D eigenvalue weighted by Crippen LogP contribution is 2.34. The smallest absolute Gasteiger partial charge is 0.241 e. The van der Waals surface area contributed by atoms with Crippen molar-refractivity contribution in [3.63, 3.8) is 0 Å². The lowest BCUT2D eigenvalue weighted by atomic mass is 9.90. The van der Waals surface area contributed by atoms with Crippen molar-refractivity contribution in [2.45, 2.75) is 26.3 Å². The highest BCUT2D eigenvalue weighted by molar-refractivity contribution is 6.31. The highest BCUT2D eigenvalue weighted by Gasteiger charge is 2.21. The average molecular weight is 407 g/mol. The number of aromatic nitrogens is 3. The van der Waals surface area contributed by atoms with E-state index in [2.05, 4.69) is 21.5 Å².